The van der Waals surface area contributed by atoms with E-state index in [1.165, 1.54) is 26.0 Å². The molecule has 2 aromatic rings. The average Bonchev–Trinajstić information content (AvgIpc) is 3.03. The van der Waals surface area contributed by atoms with Gasteiger partial charge in [0.05, 0.1) is 18.9 Å². The van der Waals surface area contributed by atoms with E-state index in [1.807, 2.05) is 0 Å². The summed E-state index contributed by atoms with van der Waals surface area (Å²) in [6.07, 6.45) is -4.03. The number of hydrogen-bond acceptors (Lipinski definition) is 9. The van der Waals surface area contributed by atoms with Crippen LogP contribution in [0.15, 0.2) is 46.1 Å². The summed E-state index contributed by atoms with van der Waals surface area (Å²) >= 11 is 6.45. The lowest BCUT2D eigenvalue weighted by Gasteiger charge is -2.26. The van der Waals surface area contributed by atoms with Crippen molar-refractivity contribution in [1.82, 2.24) is 14.6 Å². The number of hydrogen-bond donors (Lipinski definition) is 3. The first-order chi connectivity index (χ1) is 17.2. The van der Waals surface area contributed by atoms with Crippen molar-refractivity contribution in [2.24, 2.45) is 0 Å². The van der Waals surface area contributed by atoms with Crippen LogP contribution >= 0.6 is 19.3 Å². The summed E-state index contributed by atoms with van der Waals surface area (Å²) in [6, 6.07) is 6.88. The van der Waals surface area contributed by atoms with Crippen molar-refractivity contribution in [2.75, 3.05) is 6.61 Å². The Hall–Kier alpha value is -2.54. The van der Waals surface area contributed by atoms with E-state index < -0.39 is 72.8 Å². The molecular formula is C22H28ClFN3O9P. The van der Waals surface area contributed by atoms with Gasteiger partial charge in [-0.2, -0.15) is 9.48 Å². The molecule has 0 bridgehead atoms. The van der Waals surface area contributed by atoms with E-state index in [4.69, 9.17) is 30.1 Å². The van der Waals surface area contributed by atoms with E-state index in [-0.39, 0.29) is 5.75 Å². The standard InChI is InChI=1S/C22H28ClFN3O9P/c1-12(2)34-19(30)13(3)26-37(32,36-14-8-6-5-7-9-14)33-11-16-17(28)22(4,23)20(35-16)27-10-15(24)18(29)25-21(27)31/h5-10,12-13,16-17,20,28H,11H2,1-4H3,(H,26,32)(H,25,29,31). The minimum absolute atomic E-state index is 0.158. The molecule has 1 aliphatic rings. The molecule has 204 valence electrons. The number of aromatic amines is 1. The van der Waals surface area contributed by atoms with Crippen molar-refractivity contribution < 1.29 is 37.4 Å². The molecule has 37 heavy (non-hydrogen) atoms. The van der Waals surface area contributed by atoms with Crippen molar-refractivity contribution in [3.8, 4) is 5.75 Å². The number of para-hydroxylation sites is 1. The summed E-state index contributed by atoms with van der Waals surface area (Å²) in [5.74, 6) is -1.82. The molecule has 6 unspecified atom stereocenters. The Kier molecular flexibility index (Phi) is 8.99. The second kappa shape index (κ2) is 11.5. The van der Waals surface area contributed by atoms with Crippen LogP contribution in [0.1, 0.15) is 33.9 Å². The Morgan fingerprint density at radius 2 is 1.97 bits per heavy atom. The summed E-state index contributed by atoms with van der Waals surface area (Å²) in [6.45, 7) is 5.46. The van der Waals surface area contributed by atoms with Crippen molar-refractivity contribution >= 4 is 25.3 Å². The number of carbonyl (C=O) groups is 1. The van der Waals surface area contributed by atoms with Gasteiger partial charge in [-0.1, -0.05) is 18.2 Å². The molecule has 12 nitrogen and oxygen atoms in total. The minimum Gasteiger partial charge on any atom is -0.462 e. The van der Waals surface area contributed by atoms with Gasteiger partial charge < -0.3 is 19.1 Å². The zero-order chi connectivity index (χ0) is 27.5. The predicted octanol–water partition coefficient (Wildman–Crippen LogP) is 2.06. The van der Waals surface area contributed by atoms with Gasteiger partial charge in [0.2, 0.25) is 5.82 Å². The monoisotopic (exact) mass is 563 g/mol. The quantitative estimate of drug-likeness (QED) is 0.222. The van der Waals surface area contributed by atoms with Crippen LogP contribution in [0, 0.1) is 5.82 Å². The van der Waals surface area contributed by atoms with Gasteiger partial charge in [-0.3, -0.25) is 23.7 Å². The number of aliphatic hydroxyl groups excluding tert-OH is 1. The predicted molar refractivity (Wildman–Crippen MR) is 130 cm³/mol. The number of aromatic nitrogens is 2. The van der Waals surface area contributed by atoms with E-state index in [0.29, 0.717) is 10.8 Å². The fraction of sp³-hybridized carbons (Fsp3) is 0.500. The number of aliphatic hydroxyl groups is 1. The van der Waals surface area contributed by atoms with E-state index in [9.17, 15) is 28.4 Å². The number of nitrogens with one attached hydrogen (secondary N) is 2. The maximum atomic E-state index is 13.8. The van der Waals surface area contributed by atoms with E-state index in [1.54, 1.807) is 37.0 Å². The van der Waals surface area contributed by atoms with Crippen LogP contribution in [0.4, 0.5) is 4.39 Å². The fourth-order valence-corrected chi connectivity index (χ4v) is 5.29. The molecule has 3 rings (SSSR count). The molecule has 15 heteroatoms. The molecule has 0 saturated carbocycles. The second-order valence-electron chi connectivity index (χ2n) is 8.80. The number of esters is 1. The number of halogens is 2. The van der Waals surface area contributed by atoms with Gasteiger partial charge in [0.1, 0.15) is 28.9 Å². The molecule has 0 aliphatic carbocycles. The summed E-state index contributed by atoms with van der Waals surface area (Å²) in [7, 11) is -4.29. The molecule has 1 fully saturated rings. The van der Waals surface area contributed by atoms with Gasteiger partial charge >= 0.3 is 19.4 Å². The second-order valence-corrected chi connectivity index (χ2v) is 11.3. The molecule has 1 saturated heterocycles. The molecule has 6 atom stereocenters. The van der Waals surface area contributed by atoms with Crippen LogP contribution in [-0.4, -0.2) is 56.5 Å². The lowest BCUT2D eigenvalue weighted by atomic mass is 10.0. The lowest BCUT2D eigenvalue weighted by Crippen LogP contribution is -2.43. The summed E-state index contributed by atoms with van der Waals surface area (Å²) in [5, 5.41) is 13.3. The van der Waals surface area contributed by atoms with Crippen molar-refractivity contribution in [1.29, 1.82) is 0 Å². The van der Waals surface area contributed by atoms with Crippen LogP contribution in [0.3, 0.4) is 0 Å². The number of carbonyl (C=O) groups excluding carboxylic acids is 1. The Labute approximate surface area is 216 Å². The van der Waals surface area contributed by atoms with Gasteiger partial charge in [0, 0.05) is 0 Å². The fourth-order valence-electron chi connectivity index (χ4n) is 3.49. The first-order valence-corrected chi connectivity index (χ1v) is 13.2. The molecule has 0 spiro atoms. The van der Waals surface area contributed by atoms with E-state index >= 15 is 0 Å². The van der Waals surface area contributed by atoms with Crippen LogP contribution in [-0.2, 0) is 23.4 Å². The summed E-state index contributed by atoms with van der Waals surface area (Å²) in [4.78, 5) is 36.0. The topological polar surface area (TPSA) is 158 Å². The van der Waals surface area contributed by atoms with E-state index in [0.717, 1.165) is 0 Å². The van der Waals surface area contributed by atoms with Gasteiger partial charge in [-0.25, -0.2) is 9.36 Å². The molecule has 1 aromatic carbocycles. The molecular weight excluding hydrogens is 536 g/mol. The van der Waals surface area contributed by atoms with Crippen molar-refractivity contribution in [2.45, 2.75) is 63.2 Å². The third kappa shape index (κ3) is 6.86. The zero-order valence-corrected chi connectivity index (χ0v) is 22.1. The molecule has 1 aliphatic heterocycles. The first-order valence-electron chi connectivity index (χ1n) is 11.2. The average molecular weight is 564 g/mol. The minimum atomic E-state index is -4.29. The maximum Gasteiger partial charge on any atom is 0.459 e. The van der Waals surface area contributed by atoms with Gasteiger partial charge in [0.25, 0.3) is 5.56 Å². The van der Waals surface area contributed by atoms with E-state index in [2.05, 4.69) is 5.09 Å². The normalized spacial score (nSPS) is 26.0. The summed E-state index contributed by atoms with van der Waals surface area (Å²) in [5.41, 5.74) is -2.25. The molecule has 0 radical (unpaired) electrons. The van der Waals surface area contributed by atoms with Crippen LogP contribution in [0.5, 0.6) is 5.75 Å². The van der Waals surface area contributed by atoms with Gasteiger partial charge in [-0.15, -0.1) is 11.6 Å². The Morgan fingerprint density at radius 3 is 2.59 bits per heavy atom. The summed E-state index contributed by atoms with van der Waals surface area (Å²) < 4.78 is 50.0. The third-order valence-corrected chi connectivity index (χ3v) is 7.38. The van der Waals surface area contributed by atoms with Gasteiger partial charge in [-0.05, 0) is 39.8 Å². The highest BCUT2D eigenvalue weighted by Gasteiger charge is 2.54. The van der Waals surface area contributed by atoms with Crippen LogP contribution in [0.25, 0.3) is 0 Å². The molecule has 2 heterocycles. The SMILES string of the molecule is CC(C)OC(=O)C(C)NP(=O)(OCC1OC(n2cc(F)c(=O)[nH]c2=O)C(C)(Cl)C1O)Oc1ccccc1. The lowest BCUT2D eigenvalue weighted by molar-refractivity contribution is -0.149. The largest absolute Gasteiger partial charge is 0.462 e. The number of alkyl halides is 1. The molecule has 0 amide bonds. The molecule has 3 N–H and O–H groups in total. The Balaban J connectivity index is 1.82. The third-order valence-electron chi connectivity index (χ3n) is 5.33. The highest BCUT2D eigenvalue weighted by Crippen LogP contribution is 2.48. The highest BCUT2D eigenvalue weighted by molar-refractivity contribution is 7.52. The molecule has 1 aromatic heterocycles. The van der Waals surface area contributed by atoms with Crippen LogP contribution in [0.2, 0.25) is 0 Å². The highest BCUT2D eigenvalue weighted by atomic mass is 35.5. The van der Waals surface area contributed by atoms with Crippen molar-refractivity contribution in [3.63, 3.8) is 0 Å². The van der Waals surface area contributed by atoms with Crippen molar-refractivity contribution in [3.05, 3.63) is 63.2 Å². The number of ether oxygens (including phenoxy) is 2. The maximum absolute atomic E-state index is 13.8. The van der Waals surface area contributed by atoms with Crippen LogP contribution < -0.4 is 20.9 Å². The number of rotatable bonds is 10. The smallest absolute Gasteiger partial charge is 0.459 e. The first kappa shape index (κ1) is 29.0. The number of nitrogens with zero attached hydrogens (tertiary/aromatic N) is 1. The Bertz CT molecular complexity index is 1270. The number of H-pyrrole nitrogens is 1. The number of benzene rings is 1. The van der Waals surface area contributed by atoms with Gasteiger partial charge in [0.15, 0.2) is 6.23 Å². The Morgan fingerprint density at radius 1 is 1.32 bits per heavy atom. The zero-order valence-electron chi connectivity index (χ0n) is 20.4.